The molecule has 2 aromatic rings. The molecule has 0 aliphatic rings. The first-order valence-electron chi connectivity index (χ1n) is 8.32. The van der Waals surface area contributed by atoms with Gasteiger partial charge in [-0.15, -0.1) is 0 Å². The molecule has 1 amide bonds. The van der Waals surface area contributed by atoms with Crippen molar-refractivity contribution in [3.05, 3.63) is 51.5 Å². The van der Waals surface area contributed by atoms with E-state index in [9.17, 15) is 4.79 Å². The lowest BCUT2D eigenvalue weighted by Crippen LogP contribution is -2.24. The molecule has 27 heavy (non-hydrogen) atoms. The lowest BCUT2D eigenvalue weighted by Gasteiger charge is -2.13. The molecule has 2 rings (SSSR count). The van der Waals surface area contributed by atoms with E-state index in [0.29, 0.717) is 35.5 Å². The SMILES string of the molecule is CCOc1cc(/C=N\NC(=O)COc2ccc(Cl)cc2)cc(Br)c1OCC. The van der Waals surface area contributed by atoms with E-state index in [0.717, 1.165) is 10.0 Å². The van der Waals surface area contributed by atoms with Gasteiger partial charge in [0.25, 0.3) is 5.91 Å². The summed E-state index contributed by atoms with van der Waals surface area (Å²) in [5.74, 6) is 1.41. The van der Waals surface area contributed by atoms with Crippen LogP contribution in [0.1, 0.15) is 19.4 Å². The zero-order valence-electron chi connectivity index (χ0n) is 15.0. The van der Waals surface area contributed by atoms with Crippen molar-refractivity contribution in [1.82, 2.24) is 5.43 Å². The molecule has 2 aromatic carbocycles. The highest BCUT2D eigenvalue weighted by molar-refractivity contribution is 9.10. The van der Waals surface area contributed by atoms with E-state index in [-0.39, 0.29) is 12.5 Å². The molecule has 6 nitrogen and oxygen atoms in total. The first-order chi connectivity index (χ1) is 13.0. The van der Waals surface area contributed by atoms with Crippen LogP contribution in [-0.4, -0.2) is 31.9 Å². The first kappa shape index (κ1) is 21.1. The summed E-state index contributed by atoms with van der Waals surface area (Å²) in [6.07, 6.45) is 1.52. The summed E-state index contributed by atoms with van der Waals surface area (Å²) < 4.78 is 17.3. The predicted molar refractivity (Wildman–Crippen MR) is 109 cm³/mol. The number of hydrogen-bond donors (Lipinski definition) is 1. The molecule has 0 fully saturated rings. The van der Waals surface area contributed by atoms with Gasteiger partial charge in [0.2, 0.25) is 0 Å². The van der Waals surface area contributed by atoms with Crippen molar-refractivity contribution < 1.29 is 19.0 Å². The Hall–Kier alpha value is -2.25. The molecule has 0 saturated heterocycles. The minimum atomic E-state index is -0.378. The van der Waals surface area contributed by atoms with Crippen LogP contribution >= 0.6 is 27.5 Å². The Kier molecular flexibility index (Phi) is 8.42. The monoisotopic (exact) mass is 454 g/mol. The van der Waals surface area contributed by atoms with Crippen molar-refractivity contribution in [1.29, 1.82) is 0 Å². The standard InChI is InChI=1S/C19H20BrClN2O4/c1-3-25-17-10-13(9-16(20)19(17)26-4-2)11-22-23-18(24)12-27-15-7-5-14(21)6-8-15/h5-11H,3-4,12H2,1-2H3,(H,23,24)/b22-11-. The summed E-state index contributed by atoms with van der Waals surface area (Å²) in [6.45, 7) is 4.67. The fraction of sp³-hybridized carbons (Fsp3) is 0.263. The lowest BCUT2D eigenvalue weighted by molar-refractivity contribution is -0.123. The van der Waals surface area contributed by atoms with Gasteiger partial charge in [0.1, 0.15) is 5.75 Å². The first-order valence-corrected chi connectivity index (χ1v) is 9.50. The number of benzene rings is 2. The third-order valence-electron chi connectivity index (χ3n) is 3.21. The smallest absolute Gasteiger partial charge is 0.277 e. The maximum Gasteiger partial charge on any atom is 0.277 e. The maximum atomic E-state index is 11.8. The van der Waals surface area contributed by atoms with Crippen LogP contribution in [0.3, 0.4) is 0 Å². The number of amides is 1. The third-order valence-corrected chi connectivity index (χ3v) is 4.05. The second-order valence-corrected chi connectivity index (χ2v) is 6.52. The number of hydrogen-bond acceptors (Lipinski definition) is 5. The molecule has 144 valence electrons. The number of carbonyl (C=O) groups excluding carboxylic acids is 1. The van der Waals surface area contributed by atoms with Crippen molar-refractivity contribution in [2.45, 2.75) is 13.8 Å². The highest BCUT2D eigenvalue weighted by Gasteiger charge is 2.11. The Morgan fingerprint density at radius 1 is 1.15 bits per heavy atom. The highest BCUT2D eigenvalue weighted by atomic mass is 79.9. The van der Waals surface area contributed by atoms with Crippen LogP contribution in [0, 0.1) is 0 Å². The van der Waals surface area contributed by atoms with E-state index < -0.39 is 0 Å². The molecule has 0 aliphatic heterocycles. The fourth-order valence-corrected chi connectivity index (χ4v) is 2.80. The summed E-state index contributed by atoms with van der Waals surface area (Å²) in [6, 6.07) is 10.4. The van der Waals surface area contributed by atoms with Gasteiger partial charge < -0.3 is 14.2 Å². The van der Waals surface area contributed by atoms with Gasteiger partial charge in [-0.2, -0.15) is 5.10 Å². The second kappa shape index (κ2) is 10.8. The number of nitrogens with one attached hydrogen (secondary N) is 1. The van der Waals surface area contributed by atoms with Gasteiger partial charge in [-0.05, 0) is 71.7 Å². The number of halogens is 2. The molecule has 0 aliphatic carbocycles. The average Bonchev–Trinajstić information content (AvgIpc) is 2.64. The molecule has 8 heteroatoms. The van der Waals surface area contributed by atoms with E-state index in [1.807, 2.05) is 19.9 Å². The van der Waals surface area contributed by atoms with Crippen molar-refractivity contribution >= 4 is 39.7 Å². The Labute approximate surface area is 171 Å². The summed E-state index contributed by atoms with van der Waals surface area (Å²) in [4.78, 5) is 11.8. The van der Waals surface area contributed by atoms with Gasteiger partial charge >= 0.3 is 0 Å². The van der Waals surface area contributed by atoms with E-state index in [1.165, 1.54) is 6.21 Å². The topological polar surface area (TPSA) is 69.2 Å². The predicted octanol–water partition coefficient (Wildman–Crippen LogP) is 4.43. The molecular weight excluding hydrogens is 436 g/mol. The summed E-state index contributed by atoms with van der Waals surface area (Å²) in [7, 11) is 0. The fourth-order valence-electron chi connectivity index (χ4n) is 2.10. The third kappa shape index (κ3) is 6.77. The van der Waals surface area contributed by atoms with Gasteiger partial charge in [0.05, 0.1) is 23.9 Å². The minimum absolute atomic E-state index is 0.157. The molecule has 0 spiro atoms. The van der Waals surface area contributed by atoms with Gasteiger partial charge in [-0.3, -0.25) is 4.79 Å². The number of nitrogens with zero attached hydrogens (tertiary/aromatic N) is 1. The Balaban J connectivity index is 1.94. The highest BCUT2D eigenvalue weighted by Crippen LogP contribution is 2.36. The van der Waals surface area contributed by atoms with Crippen molar-refractivity contribution in [2.24, 2.45) is 5.10 Å². The molecule has 1 N–H and O–H groups in total. The van der Waals surface area contributed by atoms with Crippen molar-refractivity contribution in [3.63, 3.8) is 0 Å². The van der Waals surface area contributed by atoms with Crippen LogP contribution in [0.15, 0.2) is 46.0 Å². The summed E-state index contributed by atoms with van der Waals surface area (Å²) >= 11 is 9.26. The minimum Gasteiger partial charge on any atom is -0.490 e. The van der Waals surface area contributed by atoms with Crippen LogP contribution in [-0.2, 0) is 4.79 Å². The van der Waals surface area contributed by atoms with E-state index in [4.69, 9.17) is 25.8 Å². The second-order valence-electron chi connectivity index (χ2n) is 5.23. The number of ether oxygens (including phenoxy) is 3. The maximum absolute atomic E-state index is 11.8. The zero-order valence-corrected chi connectivity index (χ0v) is 17.3. The van der Waals surface area contributed by atoms with Crippen molar-refractivity contribution in [3.8, 4) is 17.2 Å². The van der Waals surface area contributed by atoms with Crippen LogP contribution in [0.5, 0.6) is 17.2 Å². The number of hydrazone groups is 1. The quantitative estimate of drug-likeness (QED) is 0.449. The van der Waals surface area contributed by atoms with Gasteiger partial charge in [0, 0.05) is 5.02 Å². The largest absolute Gasteiger partial charge is 0.490 e. The van der Waals surface area contributed by atoms with Crippen LogP contribution in [0.4, 0.5) is 0 Å². The Bertz CT molecular complexity index is 797. The lowest BCUT2D eigenvalue weighted by atomic mass is 10.2. The molecule has 0 bridgehead atoms. The summed E-state index contributed by atoms with van der Waals surface area (Å²) in [5, 5.41) is 4.54. The van der Waals surface area contributed by atoms with Crippen LogP contribution in [0.2, 0.25) is 5.02 Å². The summed E-state index contributed by atoms with van der Waals surface area (Å²) in [5.41, 5.74) is 3.16. The average molecular weight is 456 g/mol. The van der Waals surface area contributed by atoms with E-state index >= 15 is 0 Å². The molecular formula is C19H20BrClN2O4. The van der Waals surface area contributed by atoms with Gasteiger partial charge in [0.15, 0.2) is 18.1 Å². The molecule has 0 unspecified atom stereocenters. The zero-order chi connectivity index (χ0) is 19.6. The van der Waals surface area contributed by atoms with Gasteiger partial charge in [-0.1, -0.05) is 11.6 Å². The molecule has 0 radical (unpaired) electrons. The molecule has 0 saturated carbocycles. The van der Waals surface area contributed by atoms with E-state index in [1.54, 1.807) is 30.3 Å². The molecule has 0 aromatic heterocycles. The van der Waals surface area contributed by atoms with Gasteiger partial charge in [-0.25, -0.2) is 5.43 Å². The normalized spacial score (nSPS) is 10.7. The van der Waals surface area contributed by atoms with Crippen molar-refractivity contribution in [2.75, 3.05) is 19.8 Å². The number of carbonyl (C=O) groups is 1. The van der Waals surface area contributed by atoms with Crippen LogP contribution < -0.4 is 19.6 Å². The molecule has 0 atom stereocenters. The van der Waals surface area contributed by atoms with Crippen LogP contribution in [0.25, 0.3) is 0 Å². The van der Waals surface area contributed by atoms with E-state index in [2.05, 4.69) is 26.5 Å². The number of rotatable bonds is 9. The Morgan fingerprint density at radius 2 is 1.85 bits per heavy atom. The Morgan fingerprint density at radius 3 is 2.52 bits per heavy atom. The molecule has 0 heterocycles.